The second kappa shape index (κ2) is 7.15. The summed E-state index contributed by atoms with van der Waals surface area (Å²) in [6.45, 7) is 5.80. The number of carbonyl (C=O) groups is 1. The average Bonchev–Trinajstić information content (AvgIpc) is 2.36. The van der Waals surface area contributed by atoms with Gasteiger partial charge in [-0.3, -0.25) is 4.98 Å². The summed E-state index contributed by atoms with van der Waals surface area (Å²) in [5, 5.41) is 5.57. The third kappa shape index (κ3) is 4.92. The number of nitrogens with one attached hydrogen (secondary N) is 2. The first-order chi connectivity index (χ1) is 8.93. The minimum atomic E-state index is -0.283. The zero-order valence-corrected chi connectivity index (χ0v) is 12.9. The fourth-order valence-corrected chi connectivity index (χ4v) is 1.73. The number of hydrogen-bond donors (Lipinski definition) is 2. The van der Waals surface area contributed by atoms with Crippen LogP contribution >= 0.6 is 15.9 Å². The van der Waals surface area contributed by atoms with E-state index < -0.39 is 0 Å². The van der Waals surface area contributed by atoms with E-state index in [1.165, 1.54) is 0 Å². The first-order valence-corrected chi connectivity index (χ1v) is 6.88. The Balaban J connectivity index is 2.57. The molecule has 102 valence electrons. The summed E-state index contributed by atoms with van der Waals surface area (Å²) in [6.07, 6.45) is 7.07. The molecule has 2 amide bonds. The molecule has 0 fully saturated rings. The van der Waals surface area contributed by atoms with Gasteiger partial charge in [-0.2, -0.15) is 0 Å². The van der Waals surface area contributed by atoms with Gasteiger partial charge in [-0.15, -0.1) is 6.42 Å². The molecule has 19 heavy (non-hydrogen) atoms. The van der Waals surface area contributed by atoms with E-state index in [9.17, 15) is 4.79 Å². The van der Waals surface area contributed by atoms with Crippen LogP contribution in [0.3, 0.4) is 0 Å². The molecule has 2 atom stereocenters. The molecule has 0 spiro atoms. The lowest BCUT2D eigenvalue weighted by atomic mass is 10.1. The summed E-state index contributed by atoms with van der Waals surface area (Å²) in [5.74, 6) is 2.75. The Labute approximate surface area is 122 Å². The van der Waals surface area contributed by atoms with Crippen molar-refractivity contribution < 1.29 is 4.79 Å². The van der Waals surface area contributed by atoms with Gasteiger partial charge in [-0.25, -0.2) is 4.79 Å². The molecule has 0 saturated carbocycles. The molecule has 2 N–H and O–H groups in total. The molecule has 0 unspecified atom stereocenters. The van der Waals surface area contributed by atoms with Gasteiger partial charge >= 0.3 is 6.03 Å². The van der Waals surface area contributed by atoms with Gasteiger partial charge < -0.3 is 10.6 Å². The standard InChI is InChI=1S/C14H18BrN3O/c1-5-12(9(2)3)18-14(19)17-10(4)13-7-6-11(15)8-16-13/h1,6-10,12H,2-4H3,(H2,17,18,19)/t10-,12-/m1/s1. The van der Waals surface area contributed by atoms with Crippen LogP contribution in [0.1, 0.15) is 32.5 Å². The van der Waals surface area contributed by atoms with Gasteiger partial charge in [0.25, 0.3) is 0 Å². The van der Waals surface area contributed by atoms with Crippen molar-refractivity contribution in [3.63, 3.8) is 0 Å². The molecular formula is C14H18BrN3O. The zero-order chi connectivity index (χ0) is 14.4. The summed E-state index contributed by atoms with van der Waals surface area (Å²) in [7, 11) is 0. The molecule has 0 aliphatic rings. The maximum absolute atomic E-state index is 11.8. The molecular weight excluding hydrogens is 306 g/mol. The Bertz CT molecular complexity index is 465. The molecule has 1 rings (SSSR count). The lowest BCUT2D eigenvalue weighted by Gasteiger charge is -2.19. The SMILES string of the molecule is C#C[C@@H](NC(=O)N[C@H](C)c1ccc(Br)cn1)C(C)C. The average molecular weight is 324 g/mol. The van der Waals surface area contributed by atoms with Gasteiger partial charge in [0.15, 0.2) is 0 Å². The summed E-state index contributed by atoms with van der Waals surface area (Å²) in [5.41, 5.74) is 0.792. The molecule has 0 aromatic carbocycles. The highest BCUT2D eigenvalue weighted by molar-refractivity contribution is 9.10. The third-order valence-electron chi connectivity index (χ3n) is 2.67. The van der Waals surface area contributed by atoms with Gasteiger partial charge in [-0.05, 0) is 40.9 Å². The van der Waals surface area contributed by atoms with Crippen molar-refractivity contribution in [3.8, 4) is 12.3 Å². The Kier molecular flexibility index (Phi) is 5.84. The van der Waals surface area contributed by atoms with E-state index in [1.54, 1.807) is 6.20 Å². The van der Waals surface area contributed by atoms with Gasteiger partial charge in [0, 0.05) is 10.7 Å². The van der Waals surface area contributed by atoms with Crippen LogP contribution in [-0.2, 0) is 0 Å². The number of nitrogens with zero attached hydrogens (tertiary/aromatic N) is 1. The molecule has 0 bridgehead atoms. The fraction of sp³-hybridized carbons (Fsp3) is 0.429. The fourth-order valence-electron chi connectivity index (χ4n) is 1.50. The van der Waals surface area contributed by atoms with Crippen LogP contribution < -0.4 is 10.6 Å². The van der Waals surface area contributed by atoms with Crippen LogP contribution in [0.15, 0.2) is 22.8 Å². The molecule has 1 aromatic rings. The highest BCUT2D eigenvalue weighted by Crippen LogP contribution is 2.13. The van der Waals surface area contributed by atoms with Gasteiger partial charge in [0.2, 0.25) is 0 Å². The van der Waals surface area contributed by atoms with Crippen molar-refractivity contribution in [1.82, 2.24) is 15.6 Å². The van der Waals surface area contributed by atoms with E-state index >= 15 is 0 Å². The largest absolute Gasteiger partial charge is 0.330 e. The van der Waals surface area contributed by atoms with E-state index in [-0.39, 0.29) is 24.0 Å². The van der Waals surface area contributed by atoms with E-state index in [0.717, 1.165) is 10.2 Å². The van der Waals surface area contributed by atoms with Crippen molar-refractivity contribution in [1.29, 1.82) is 0 Å². The predicted molar refractivity (Wildman–Crippen MR) is 79.5 cm³/mol. The van der Waals surface area contributed by atoms with Crippen LogP contribution in [0.5, 0.6) is 0 Å². The first kappa shape index (κ1) is 15.5. The van der Waals surface area contributed by atoms with Crippen molar-refractivity contribution in [2.75, 3.05) is 0 Å². The van der Waals surface area contributed by atoms with Gasteiger partial charge in [-0.1, -0.05) is 19.8 Å². The number of terminal acetylenes is 1. The van der Waals surface area contributed by atoms with Crippen LogP contribution in [0.25, 0.3) is 0 Å². The smallest absolute Gasteiger partial charge is 0.316 e. The lowest BCUT2D eigenvalue weighted by molar-refractivity contribution is 0.233. The molecule has 1 aromatic heterocycles. The molecule has 0 radical (unpaired) electrons. The van der Waals surface area contributed by atoms with E-state index in [4.69, 9.17) is 6.42 Å². The van der Waals surface area contributed by atoms with Crippen LogP contribution in [0.4, 0.5) is 4.79 Å². The number of carbonyl (C=O) groups excluding carboxylic acids is 1. The summed E-state index contributed by atoms with van der Waals surface area (Å²) >= 11 is 3.32. The second-order valence-corrected chi connectivity index (χ2v) is 5.54. The first-order valence-electron chi connectivity index (χ1n) is 6.08. The van der Waals surface area contributed by atoms with Crippen molar-refractivity contribution in [3.05, 3.63) is 28.5 Å². The normalized spacial score (nSPS) is 13.5. The van der Waals surface area contributed by atoms with Crippen molar-refractivity contribution in [2.45, 2.75) is 32.9 Å². The topological polar surface area (TPSA) is 54.0 Å². The quantitative estimate of drug-likeness (QED) is 0.837. The van der Waals surface area contributed by atoms with Gasteiger partial charge in [0.1, 0.15) is 0 Å². The second-order valence-electron chi connectivity index (χ2n) is 4.63. The van der Waals surface area contributed by atoms with Crippen LogP contribution in [0, 0.1) is 18.3 Å². The third-order valence-corrected chi connectivity index (χ3v) is 3.14. The number of urea groups is 1. The van der Waals surface area contributed by atoms with E-state index in [1.807, 2.05) is 32.9 Å². The summed E-state index contributed by atoms with van der Waals surface area (Å²) < 4.78 is 0.903. The number of amides is 2. The molecule has 0 saturated heterocycles. The molecule has 0 aliphatic heterocycles. The maximum atomic E-state index is 11.8. The van der Waals surface area contributed by atoms with E-state index in [0.29, 0.717) is 0 Å². The Morgan fingerprint density at radius 1 is 1.37 bits per heavy atom. The number of hydrogen-bond acceptors (Lipinski definition) is 2. The molecule has 1 heterocycles. The molecule has 4 nitrogen and oxygen atoms in total. The van der Waals surface area contributed by atoms with Gasteiger partial charge in [0.05, 0.1) is 17.8 Å². The monoisotopic (exact) mass is 323 g/mol. The summed E-state index contributed by atoms with van der Waals surface area (Å²) in [4.78, 5) is 16.0. The minimum Gasteiger partial charge on any atom is -0.330 e. The summed E-state index contributed by atoms with van der Waals surface area (Å²) in [6, 6.07) is 3.00. The number of halogens is 1. The minimum absolute atomic E-state index is 0.182. The molecule has 0 aliphatic carbocycles. The number of aromatic nitrogens is 1. The number of rotatable bonds is 4. The molecule has 5 heteroatoms. The van der Waals surface area contributed by atoms with Crippen LogP contribution in [-0.4, -0.2) is 17.1 Å². The van der Waals surface area contributed by atoms with E-state index in [2.05, 4.69) is 37.5 Å². The van der Waals surface area contributed by atoms with Crippen molar-refractivity contribution >= 4 is 22.0 Å². The zero-order valence-electron chi connectivity index (χ0n) is 11.3. The Morgan fingerprint density at radius 3 is 2.53 bits per heavy atom. The predicted octanol–water partition coefficient (Wildman–Crippen LogP) is 2.86. The maximum Gasteiger partial charge on any atom is 0.316 e. The highest BCUT2D eigenvalue weighted by atomic mass is 79.9. The highest BCUT2D eigenvalue weighted by Gasteiger charge is 2.15. The Morgan fingerprint density at radius 2 is 2.05 bits per heavy atom. The number of pyridine rings is 1. The lowest BCUT2D eigenvalue weighted by Crippen LogP contribution is -2.44. The van der Waals surface area contributed by atoms with Crippen LogP contribution in [0.2, 0.25) is 0 Å². The van der Waals surface area contributed by atoms with Crippen molar-refractivity contribution in [2.24, 2.45) is 5.92 Å². The Hall–Kier alpha value is -1.54.